The smallest absolute Gasteiger partial charge is 0.200 e. The van der Waals surface area contributed by atoms with Gasteiger partial charge in [-0.3, -0.25) is 0 Å². The highest BCUT2D eigenvalue weighted by Gasteiger charge is 2.45. The highest BCUT2D eigenvalue weighted by Crippen LogP contribution is 2.42. The molecule has 0 aromatic heterocycles. The van der Waals surface area contributed by atoms with E-state index < -0.39 is 24.1 Å². The first-order valence-corrected chi connectivity index (χ1v) is 13.0. The lowest BCUT2D eigenvalue weighted by atomic mass is 10.1. The van der Waals surface area contributed by atoms with Crippen molar-refractivity contribution in [2.45, 2.75) is 90.3 Å². The molecule has 27 heavy (non-hydrogen) atoms. The van der Waals surface area contributed by atoms with Gasteiger partial charge < -0.3 is 4.43 Å². The van der Waals surface area contributed by atoms with Gasteiger partial charge in [0.25, 0.3) is 0 Å². The summed E-state index contributed by atoms with van der Waals surface area (Å²) < 4.78 is 37.1. The van der Waals surface area contributed by atoms with E-state index in [2.05, 4.69) is 45.9 Å². The molecule has 0 radical (unpaired) electrons. The van der Waals surface area contributed by atoms with Crippen LogP contribution in [-0.4, -0.2) is 23.5 Å². The highest BCUT2D eigenvalue weighted by molar-refractivity contribution is 7.85. The quantitative estimate of drug-likeness (QED) is 0.365. The van der Waals surface area contributed by atoms with Crippen LogP contribution in [-0.2, 0) is 22.0 Å². The van der Waals surface area contributed by atoms with Crippen molar-refractivity contribution in [2.75, 3.05) is 0 Å². The Balaban J connectivity index is 3.21. The van der Waals surface area contributed by atoms with Crippen molar-refractivity contribution in [3.05, 3.63) is 35.1 Å². The molecule has 0 N–H and O–H groups in total. The Kier molecular flexibility index (Phi) is 8.57. The summed E-state index contributed by atoms with van der Waals surface area (Å²) in [5.41, 5.74) is 2.40. The summed E-state index contributed by atoms with van der Waals surface area (Å²) in [6, 6.07) is 4.90. The van der Waals surface area contributed by atoms with Gasteiger partial charge >= 0.3 is 0 Å². The highest BCUT2D eigenvalue weighted by atomic mass is 32.2. The van der Waals surface area contributed by atoms with Gasteiger partial charge in [-0.05, 0) is 43.5 Å². The molecular weight excluding hydrogens is 377 g/mol. The molecule has 0 saturated heterocycles. The van der Waals surface area contributed by atoms with Crippen molar-refractivity contribution < 1.29 is 13.0 Å². The van der Waals surface area contributed by atoms with Gasteiger partial charge in [-0.2, -0.15) is 4.40 Å². The van der Waals surface area contributed by atoms with Crippen LogP contribution < -0.4 is 0 Å². The zero-order chi connectivity index (χ0) is 21.0. The Morgan fingerprint density at radius 3 is 2.07 bits per heavy atom. The number of hydrogen-bond donors (Lipinski definition) is 0. The molecule has 0 aliphatic heterocycles. The van der Waals surface area contributed by atoms with Gasteiger partial charge in [-0.25, -0.2) is 8.60 Å². The molecule has 1 aromatic carbocycles. The van der Waals surface area contributed by atoms with E-state index in [1.807, 2.05) is 20.8 Å². The number of hydrogen-bond acceptors (Lipinski definition) is 2. The molecule has 6 heteroatoms. The largest absolute Gasteiger partial charge is 0.412 e. The Morgan fingerprint density at radius 2 is 1.63 bits per heavy atom. The fraction of sp³-hybridized carbons (Fsp3) is 0.667. The predicted molar refractivity (Wildman–Crippen MR) is 118 cm³/mol. The van der Waals surface area contributed by atoms with Crippen molar-refractivity contribution in [1.29, 1.82) is 0 Å². The van der Waals surface area contributed by atoms with Gasteiger partial charge in [0, 0.05) is 17.3 Å². The molecule has 1 aromatic rings. The molecule has 154 valence electrons. The summed E-state index contributed by atoms with van der Waals surface area (Å²) in [4.78, 5) is 0. The van der Waals surface area contributed by atoms with Crippen LogP contribution in [0.25, 0.3) is 0 Å². The topological polar surface area (TPSA) is 38.7 Å². The molecule has 0 spiro atoms. The Hall–Kier alpha value is -0.853. The second kappa shape index (κ2) is 9.57. The summed E-state index contributed by atoms with van der Waals surface area (Å²) in [6.45, 7) is 19.1. The second-order valence-corrected chi connectivity index (χ2v) is 16.4. The van der Waals surface area contributed by atoms with Crippen LogP contribution >= 0.6 is 0 Å². The Labute approximate surface area is 168 Å². The molecule has 1 rings (SSSR count). The summed E-state index contributed by atoms with van der Waals surface area (Å²) in [5, 5.41) is 0. The fourth-order valence-corrected chi connectivity index (χ4v) is 9.73. The summed E-state index contributed by atoms with van der Waals surface area (Å²) >= 11 is 0. The monoisotopic (exact) mass is 413 g/mol. The summed E-state index contributed by atoms with van der Waals surface area (Å²) in [7, 11) is -3.48. The molecule has 0 aliphatic carbocycles. The first kappa shape index (κ1) is 24.2. The van der Waals surface area contributed by atoms with Crippen LogP contribution in [0, 0.1) is 5.82 Å². The maximum Gasteiger partial charge on any atom is 0.200 e. The zero-order valence-electron chi connectivity index (χ0n) is 18.3. The summed E-state index contributed by atoms with van der Waals surface area (Å²) in [5.74, 6) is -0.306. The van der Waals surface area contributed by atoms with E-state index in [1.165, 1.54) is 12.3 Å². The lowest BCUT2D eigenvalue weighted by Gasteiger charge is -2.42. The first-order valence-electron chi connectivity index (χ1n) is 9.71. The third-order valence-electron chi connectivity index (χ3n) is 5.14. The van der Waals surface area contributed by atoms with E-state index in [4.69, 9.17) is 4.43 Å². The predicted octanol–water partition coefficient (Wildman–Crippen LogP) is 6.40. The van der Waals surface area contributed by atoms with E-state index in [-0.39, 0.29) is 12.4 Å². The molecule has 0 unspecified atom stereocenters. The van der Waals surface area contributed by atoms with Crippen LogP contribution in [0.15, 0.2) is 22.6 Å². The van der Waals surface area contributed by atoms with Gasteiger partial charge in [-0.1, -0.05) is 53.7 Å². The SMILES string of the molecule is CC(C)[Si](OCc1c(F)cccc1/C=N\[S@](=O)C(C)(C)C)(C(C)C)C(C)C. The van der Waals surface area contributed by atoms with E-state index in [0.717, 1.165) is 0 Å². The van der Waals surface area contributed by atoms with Gasteiger partial charge in [0.1, 0.15) is 16.8 Å². The lowest BCUT2D eigenvalue weighted by molar-refractivity contribution is 0.261. The summed E-state index contributed by atoms with van der Waals surface area (Å²) in [6.07, 6.45) is 1.52. The third kappa shape index (κ3) is 5.81. The molecule has 0 heterocycles. The van der Waals surface area contributed by atoms with Crippen molar-refractivity contribution in [3.8, 4) is 0 Å². The third-order valence-corrected chi connectivity index (χ3v) is 12.5. The van der Waals surface area contributed by atoms with Crippen molar-refractivity contribution >= 4 is 25.5 Å². The standard InChI is InChI=1S/C21H36FNO2SSi/c1-15(2)27(16(3)4,17(5)6)25-14-19-18(11-10-12-20(19)22)13-23-26(24)21(7,8)9/h10-13,15-17H,14H2,1-9H3/b23-13-/t26-/m1/s1. The van der Waals surface area contributed by atoms with Gasteiger partial charge in [0.05, 0.1) is 11.4 Å². The molecule has 1 atom stereocenters. The van der Waals surface area contributed by atoms with E-state index in [1.54, 1.807) is 12.1 Å². The van der Waals surface area contributed by atoms with E-state index in [0.29, 0.717) is 27.8 Å². The van der Waals surface area contributed by atoms with Gasteiger partial charge in [-0.15, -0.1) is 0 Å². The molecule has 0 amide bonds. The minimum absolute atomic E-state index is 0.219. The van der Waals surface area contributed by atoms with Crippen LogP contribution in [0.4, 0.5) is 4.39 Å². The van der Waals surface area contributed by atoms with Gasteiger partial charge in [0.15, 0.2) is 0 Å². The zero-order valence-corrected chi connectivity index (χ0v) is 20.1. The average Bonchev–Trinajstić information content (AvgIpc) is 2.52. The minimum Gasteiger partial charge on any atom is -0.412 e. The van der Waals surface area contributed by atoms with E-state index >= 15 is 0 Å². The van der Waals surface area contributed by atoms with Crippen molar-refractivity contribution in [2.24, 2.45) is 4.40 Å². The molecule has 3 nitrogen and oxygen atoms in total. The average molecular weight is 414 g/mol. The fourth-order valence-electron chi connectivity index (χ4n) is 3.81. The first-order chi connectivity index (χ1) is 12.3. The second-order valence-electron chi connectivity index (χ2n) is 9.01. The molecule has 0 bridgehead atoms. The lowest BCUT2D eigenvalue weighted by Crippen LogP contribution is -2.47. The Bertz CT molecular complexity index is 659. The van der Waals surface area contributed by atoms with Crippen molar-refractivity contribution in [1.82, 2.24) is 0 Å². The molecule has 0 aliphatic rings. The van der Waals surface area contributed by atoms with Crippen LogP contribution in [0.1, 0.15) is 73.4 Å². The number of benzene rings is 1. The molecule has 0 saturated carbocycles. The Morgan fingerprint density at radius 1 is 1.11 bits per heavy atom. The minimum atomic E-state index is -2.10. The van der Waals surface area contributed by atoms with Crippen LogP contribution in [0.2, 0.25) is 16.6 Å². The van der Waals surface area contributed by atoms with Crippen LogP contribution in [0.5, 0.6) is 0 Å². The molecular formula is C21H36FNO2SSi. The normalized spacial score (nSPS) is 14.7. The number of halogens is 1. The maximum absolute atomic E-state index is 14.6. The maximum atomic E-state index is 14.6. The van der Waals surface area contributed by atoms with Crippen molar-refractivity contribution in [3.63, 3.8) is 0 Å². The number of rotatable bonds is 8. The van der Waals surface area contributed by atoms with Gasteiger partial charge in [0.2, 0.25) is 8.32 Å². The molecule has 0 fully saturated rings. The van der Waals surface area contributed by atoms with Crippen LogP contribution in [0.3, 0.4) is 0 Å². The number of nitrogens with zero attached hydrogens (tertiary/aromatic N) is 1. The van der Waals surface area contributed by atoms with E-state index in [9.17, 15) is 8.60 Å².